The molecule has 23 heavy (non-hydrogen) atoms. The normalized spacial score (nSPS) is 14.9. The number of hydrogen-bond donors (Lipinski definition) is 0. The third kappa shape index (κ3) is 1.79. The van der Waals surface area contributed by atoms with Crippen molar-refractivity contribution >= 4 is 22.1 Å². The molecular weight excluding hydrogens is 300 g/mol. The van der Waals surface area contributed by atoms with Gasteiger partial charge in [-0.3, -0.25) is 9.55 Å². The number of fused-ring (bicyclic) bond motifs is 2. The summed E-state index contributed by atoms with van der Waals surface area (Å²) in [5, 5.41) is 0. The molecule has 0 N–H and O–H groups in total. The van der Waals surface area contributed by atoms with Crippen molar-refractivity contribution in [2.45, 2.75) is 18.9 Å². The molecule has 0 unspecified atom stereocenters. The van der Waals surface area contributed by atoms with Crippen molar-refractivity contribution in [3.05, 3.63) is 48.6 Å². The average Bonchev–Trinajstić information content (AvgIpc) is 3.19. The van der Waals surface area contributed by atoms with Crippen molar-refractivity contribution in [2.75, 3.05) is 0 Å². The minimum absolute atomic E-state index is 0.258. The smallest absolute Gasteiger partial charge is 0.216 e. The zero-order valence-corrected chi connectivity index (χ0v) is 11.9. The maximum Gasteiger partial charge on any atom is 0.216 e. The van der Waals surface area contributed by atoms with Gasteiger partial charge in [0.1, 0.15) is 6.33 Å². The number of aromatic nitrogens is 5. The molecule has 0 bridgehead atoms. The third-order valence-corrected chi connectivity index (χ3v) is 4.19. The molecule has 114 valence electrons. The number of benzene rings is 1. The Bertz CT molecular complexity index is 1060. The summed E-state index contributed by atoms with van der Waals surface area (Å²) in [6.45, 7) is 0. The highest BCUT2D eigenvalue weighted by molar-refractivity contribution is 5.80. The van der Waals surface area contributed by atoms with E-state index in [1.54, 1.807) is 18.7 Å². The van der Waals surface area contributed by atoms with Gasteiger partial charge in [0.2, 0.25) is 5.95 Å². The first kappa shape index (κ1) is 12.7. The van der Waals surface area contributed by atoms with Gasteiger partial charge in [-0.2, -0.15) is 0 Å². The Hall–Kier alpha value is -2.83. The average molecular weight is 311 g/mol. The molecule has 0 saturated heterocycles. The summed E-state index contributed by atoms with van der Waals surface area (Å²) in [7, 11) is 0. The third-order valence-electron chi connectivity index (χ3n) is 4.19. The Morgan fingerprint density at radius 2 is 1.87 bits per heavy atom. The van der Waals surface area contributed by atoms with E-state index in [0.29, 0.717) is 17.0 Å². The summed E-state index contributed by atoms with van der Waals surface area (Å²) >= 11 is 0. The minimum Gasteiger partial charge on any atom is -0.306 e. The molecule has 1 saturated carbocycles. The molecule has 3 aromatic heterocycles. The van der Waals surface area contributed by atoms with Crippen LogP contribution in [-0.4, -0.2) is 24.1 Å². The van der Waals surface area contributed by atoms with E-state index in [4.69, 9.17) is 0 Å². The Morgan fingerprint density at radius 3 is 2.70 bits per heavy atom. The molecular formula is C16H11F2N5. The topological polar surface area (TPSA) is 48.5 Å². The Balaban J connectivity index is 1.85. The van der Waals surface area contributed by atoms with E-state index in [1.165, 1.54) is 6.07 Å². The molecule has 3 heterocycles. The van der Waals surface area contributed by atoms with Crippen LogP contribution in [0, 0.1) is 11.6 Å². The molecule has 0 radical (unpaired) electrons. The van der Waals surface area contributed by atoms with Crippen molar-refractivity contribution in [1.82, 2.24) is 24.1 Å². The number of pyridine rings is 1. The van der Waals surface area contributed by atoms with Gasteiger partial charge >= 0.3 is 0 Å². The van der Waals surface area contributed by atoms with Crippen LogP contribution in [0.25, 0.3) is 28.0 Å². The van der Waals surface area contributed by atoms with Crippen molar-refractivity contribution < 1.29 is 8.78 Å². The van der Waals surface area contributed by atoms with E-state index in [9.17, 15) is 8.78 Å². The second-order valence-electron chi connectivity index (χ2n) is 5.75. The van der Waals surface area contributed by atoms with E-state index in [-0.39, 0.29) is 6.04 Å². The first-order valence-electron chi connectivity index (χ1n) is 7.37. The van der Waals surface area contributed by atoms with Crippen LogP contribution >= 0.6 is 0 Å². The predicted molar refractivity (Wildman–Crippen MR) is 80.3 cm³/mol. The lowest BCUT2D eigenvalue weighted by molar-refractivity contribution is 0.510. The van der Waals surface area contributed by atoms with Gasteiger partial charge in [0.05, 0.1) is 28.3 Å². The molecule has 1 aliphatic carbocycles. The fourth-order valence-electron chi connectivity index (χ4n) is 2.96. The maximum atomic E-state index is 13.7. The van der Waals surface area contributed by atoms with E-state index < -0.39 is 11.6 Å². The number of nitrogens with zero attached hydrogens (tertiary/aromatic N) is 5. The van der Waals surface area contributed by atoms with Gasteiger partial charge in [-0.1, -0.05) is 0 Å². The highest BCUT2D eigenvalue weighted by Gasteiger charge is 2.30. The van der Waals surface area contributed by atoms with Crippen LogP contribution in [0.15, 0.2) is 36.9 Å². The molecule has 1 fully saturated rings. The number of hydrogen-bond acceptors (Lipinski definition) is 3. The number of imidazole rings is 2. The van der Waals surface area contributed by atoms with E-state index in [0.717, 1.165) is 29.9 Å². The Morgan fingerprint density at radius 1 is 1.04 bits per heavy atom. The van der Waals surface area contributed by atoms with Gasteiger partial charge < -0.3 is 4.57 Å². The van der Waals surface area contributed by atoms with Crippen LogP contribution in [-0.2, 0) is 0 Å². The van der Waals surface area contributed by atoms with Crippen LogP contribution in [0.2, 0.25) is 0 Å². The largest absolute Gasteiger partial charge is 0.306 e. The lowest BCUT2D eigenvalue weighted by atomic mass is 10.3. The van der Waals surface area contributed by atoms with Crippen LogP contribution < -0.4 is 0 Å². The first-order chi connectivity index (χ1) is 11.2. The van der Waals surface area contributed by atoms with Gasteiger partial charge in [-0.15, -0.1) is 0 Å². The summed E-state index contributed by atoms with van der Waals surface area (Å²) in [5.74, 6) is -1.13. The molecule has 1 aliphatic rings. The lowest BCUT2D eigenvalue weighted by Crippen LogP contribution is -2.05. The second kappa shape index (κ2) is 4.34. The summed E-state index contributed by atoms with van der Waals surface area (Å²) in [6.07, 6.45) is 7.05. The Kier molecular flexibility index (Phi) is 2.40. The number of halogens is 2. The second-order valence-corrected chi connectivity index (χ2v) is 5.75. The van der Waals surface area contributed by atoms with Gasteiger partial charge in [0, 0.05) is 24.4 Å². The molecule has 1 aromatic carbocycles. The van der Waals surface area contributed by atoms with Crippen LogP contribution in [0.4, 0.5) is 8.78 Å². The molecule has 0 spiro atoms. The lowest BCUT2D eigenvalue weighted by Gasteiger charge is -2.08. The predicted octanol–water partition coefficient (Wildman–Crippen LogP) is 3.38. The highest BCUT2D eigenvalue weighted by Crippen LogP contribution is 2.40. The minimum atomic E-state index is -0.887. The molecule has 0 amide bonds. The number of rotatable bonds is 2. The zero-order valence-electron chi connectivity index (χ0n) is 11.9. The van der Waals surface area contributed by atoms with Gasteiger partial charge in [-0.05, 0) is 18.9 Å². The van der Waals surface area contributed by atoms with Crippen molar-refractivity contribution in [3.63, 3.8) is 0 Å². The van der Waals surface area contributed by atoms with Crippen molar-refractivity contribution in [3.8, 4) is 5.95 Å². The van der Waals surface area contributed by atoms with Crippen LogP contribution in [0.3, 0.4) is 0 Å². The van der Waals surface area contributed by atoms with E-state index >= 15 is 0 Å². The quantitative estimate of drug-likeness (QED) is 0.570. The maximum absolute atomic E-state index is 13.7. The van der Waals surface area contributed by atoms with Gasteiger partial charge in [-0.25, -0.2) is 18.7 Å². The van der Waals surface area contributed by atoms with Gasteiger partial charge in [0.25, 0.3) is 0 Å². The molecule has 0 aliphatic heterocycles. The molecule has 7 heteroatoms. The molecule has 0 atom stereocenters. The fourth-order valence-corrected chi connectivity index (χ4v) is 2.96. The molecule has 4 aromatic rings. The standard InChI is InChI=1S/C16H11F2N5/c17-10-5-13-14(6-11(10)18)23(9-1-2-9)16(21-13)22-8-20-12-3-4-19-7-15(12)22/h3-9H,1-2H2. The Labute approximate surface area is 129 Å². The summed E-state index contributed by atoms with van der Waals surface area (Å²) in [6, 6.07) is 4.44. The summed E-state index contributed by atoms with van der Waals surface area (Å²) in [5.41, 5.74) is 2.65. The van der Waals surface area contributed by atoms with Crippen molar-refractivity contribution in [1.29, 1.82) is 0 Å². The fraction of sp³-hybridized carbons (Fsp3) is 0.188. The summed E-state index contributed by atoms with van der Waals surface area (Å²) in [4.78, 5) is 13.0. The summed E-state index contributed by atoms with van der Waals surface area (Å²) < 4.78 is 31.0. The van der Waals surface area contributed by atoms with Crippen LogP contribution in [0.1, 0.15) is 18.9 Å². The molecule has 5 nitrogen and oxygen atoms in total. The SMILES string of the molecule is Fc1cc2nc(-n3cnc4ccncc43)n(C3CC3)c2cc1F. The van der Waals surface area contributed by atoms with Gasteiger partial charge in [0.15, 0.2) is 11.6 Å². The van der Waals surface area contributed by atoms with E-state index in [1.807, 2.05) is 15.2 Å². The van der Waals surface area contributed by atoms with Crippen molar-refractivity contribution in [2.24, 2.45) is 0 Å². The first-order valence-corrected chi connectivity index (χ1v) is 7.37. The zero-order chi connectivity index (χ0) is 15.6. The monoisotopic (exact) mass is 311 g/mol. The van der Waals surface area contributed by atoms with Crippen LogP contribution in [0.5, 0.6) is 0 Å². The highest BCUT2D eigenvalue weighted by atomic mass is 19.2. The van der Waals surface area contributed by atoms with E-state index in [2.05, 4.69) is 15.0 Å². The molecule has 5 rings (SSSR count).